The molecule has 2 N–H and O–H groups in total. The molecule has 0 saturated heterocycles. The fourth-order valence-electron chi connectivity index (χ4n) is 3.67. The SMILES string of the molecule is CCc1c(C(=O)N(N)C(=O)Cc2cc(F)c(F)cc2OC)ccc(OCc2ccccc2)c1C. The molecule has 0 fully saturated rings. The number of ether oxygens (including phenoxy) is 2. The molecule has 0 heterocycles. The van der Waals surface area contributed by atoms with Gasteiger partial charge in [0.2, 0.25) is 5.91 Å². The van der Waals surface area contributed by atoms with Gasteiger partial charge in [-0.3, -0.25) is 9.59 Å². The second-order valence-corrected chi connectivity index (χ2v) is 7.67. The number of nitrogens with two attached hydrogens (primary N) is 1. The van der Waals surface area contributed by atoms with Crippen LogP contribution in [0.2, 0.25) is 0 Å². The van der Waals surface area contributed by atoms with Crippen LogP contribution < -0.4 is 15.3 Å². The van der Waals surface area contributed by atoms with Crippen molar-refractivity contribution >= 4 is 11.8 Å². The third-order valence-corrected chi connectivity index (χ3v) is 5.52. The Morgan fingerprint density at radius 1 is 1.00 bits per heavy atom. The van der Waals surface area contributed by atoms with Gasteiger partial charge in [0.25, 0.3) is 5.91 Å². The number of rotatable bonds is 8. The molecule has 3 aromatic carbocycles. The first-order chi connectivity index (χ1) is 16.3. The molecule has 178 valence electrons. The highest BCUT2D eigenvalue weighted by Crippen LogP contribution is 2.28. The summed E-state index contributed by atoms with van der Waals surface area (Å²) in [5.74, 6) is 2.71. The molecule has 0 unspecified atom stereocenters. The van der Waals surface area contributed by atoms with Crippen LogP contribution in [0, 0.1) is 18.6 Å². The van der Waals surface area contributed by atoms with Gasteiger partial charge in [-0.05, 0) is 48.2 Å². The van der Waals surface area contributed by atoms with Gasteiger partial charge in [-0.25, -0.2) is 19.6 Å². The number of halogens is 2. The number of carbonyl (C=O) groups is 2. The molecule has 0 saturated carbocycles. The molecule has 0 bridgehead atoms. The molecule has 0 aliphatic carbocycles. The van der Waals surface area contributed by atoms with Gasteiger partial charge in [0.05, 0.1) is 13.5 Å². The minimum atomic E-state index is -1.13. The zero-order valence-corrected chi connectivity index (χ0v) is 19.2. The zero-order valence-electron chi connectivity index (χ0n) is 19.2. The molecule has 3 rings (SSSR count). The average molecular weight is 469 g/mol. The Hall–Kier alpha value is -3.78. The van der Waals surface area contributed by atoms with Crippen molar-refractivity contribution in [2.75, 3.05) is 7.11 Å². The molecule has 0 radical (unpaired) electrons. The fourth-order valence-corrected chi connectivity index (χ4v) is 3.67. The first-order valence-corrected chi connectivity index (χ1v) is 10.7. The summed E-state index contributed by atoms with van der Waals surface area (Å²) in [5, 5.41) is 0.485. The number of benzene rings is 3. The number of nitrogens with zero attached hydrogens (tertiary/aromatic N) is 1. The minimum absolute atomic E-state index is 0.0156. The van der Waals surface area contributed by atoms with Crippen molar-refractivity contribution in [1.82, 2.24) is 5.01 Å². The number of hydrazine groups is 1. The van der Waals surface area contributed by atoms with E-state index in [1.807, 2.05) is 44.2 Å². The van der Waals surface area contributed by atoms with Crippen LogP contribution in [0.3, 0.4) is 0 Å². The lowest BCUT2D eigenvalue weighted by atomic mass is 9.97. The van der Waals surface area contributed by atoms with Crippen molar-refractivity contribution in [1.29, 1.82) is 0 Å². The van der Waals surface area contributed by atoms with Gasteiger partial charge in [0, 0.05) is 17.2 Å². The van der Waals surface area contributed by atoms with Crippen LogP contribution in [-0.4, -0.2) is 23.9 Å². The van der Waals surface area contributed by atoms with Gasteiger partial charge in [-0.15, -0.1) is 0 Å². The van der Waals surface area contributed by atoms with Crippen molar-refractivity contribution in [2.45, 2.75) is 33.3 Å². The Morgan fingerprint density at radius 3 is 2.32 bits per heavy atom. The summed E-state index contributed by atoms with van der Waals surface area (Å²) >= 11 is 0. The standard InChI is InChI=1S/C26H26F2N2O4/c1-4-19-16(2)23(34-15-17-8-6-5-7-9-17)11-10-20(19)26(32)30(29)25(31)13-18-12-21(27)22(28)14-24(18)33-3/h5-12,14H,4,13,15,29H2,1-3H3. The van der Waals surface area contributed by atoms with Crippen molar-refractivity contribution in [3.05, 3.63) is 94.0 Å². The lowest BCUT2D eigenvalue weighted by molar-refractivity contribution is -0.128. The van der Waals surface area contributed by atoms with Gasteiger partial charge >= 0.3 is 0 Å². The fraction of sp³-hybridized carbons (Fsp3) is 0.231. The van der Waals surface area contributed by atoms with E-state index < -0.39 is 29.9 Å². The van der Waals surface area contributed by atoms with Crippen LogP contribution in [0.1, 0.15) is 39.5 Å². The highest BCUT2D eigenvalue weighted by Gasteiger charge is 2.25. The predicted octanol–water partition coefficient (Wildman–Crippen LogP) is 4.51. The van der Waals surface area contributed by atoms with Crippen molar-refractivity contribution < 1.29 is 27.8 Å². The quantitative estimate of drug-likeness (QED) is 0.299. The Labute approximate surface area is 196 Å². The number of hydrogen-bond acceptors (Lipinski definition) is 5. The molecule has 0 atom stereocenters. The van der Waals surface area contributed by atoms with E-state index in [0.717, 1.165) is 23.3 Å². The first kappa shape index (κ1) is 24.9. The maximum Gasteiger partial charge on any atom is 0.275 e. The van der Waals surface area contributed by atoms with E-state index in [2.05, 4.69) is 0 Å². The van der Waals surface area contributed by atoms with Crippen LogP contribution in [0.15, 0.2) is 54.6 Å². The van der Waals surface area contributed by atoms with Crippen LogP contribution in [0.5, 0.6) is 11.5 Å². The third-order valence-electron chi connectivity index (χ3n) is 5.52. The van der Waals surface area contributed by atoms with E-state index in [1.54, 1.807) is 12.1 Å². The van der Waals surface area contributed by atoms with E-state index in [4.69, 9.17) is 15.3 Å². The van der Waals surface area contributed by atoms with Crippen molar-refractivity contribution in [3.8, 4) is 11.5 Å². The van der Waals surface area contributed by atoms with E-state index in [0.29, 0.717) is 29.3 Å². The van der Waals surface area contributed by atoms with Crippen molar-refractivity contribution in [2.24, 2.45) is 5.84 Å². The molecule has 0 aliphatic rings. The van der Waals surface area contributed by atoms with E-state index >= 15 is 0 Å². The summed E-state index contributed by atoms with van der Waals surface area (Å²) in [6.45, 7) is 4.09. The average Bonchev–Trinajstić information content (AvgIpc) is 2.84. The summed E-state index contributed by atoms with van der Waals surface area (Å²) < 4.78 is 38.1. The largest absolute Gasteiger partial charge is 0.496 e. The molecular weight excluding hydrogens is 442 g/mol. The number of carbonyl (C=O) groups excluding carboxylic acids is 2. The second kappa shape index (κ2) is 10.9. The molecular formula is C26H26F2N2O4. The third kappa shape index (κ3) is 5.40. The lowest BCUT2D eigenvalue weighted by Gasteiger charge is -2.20. The Balaban J connectivity index is 1.79. The van der Waals surface area contributed by atoms with Gasteiger partial charge in [-0.1, -0.05) is 37.3 Å². The van der Waals surface area contributed by atoms with Gasteiger partial charge < -0.3 is 9.47 Å². The summed E-state index contributed by atoms with van der Waals surface area (Å²) in [5.41, 5.74) is 2.81. The van der Waals surface area contributed by atoms with E-state index in [-0.39, 0.29) is 16.9 Å². The predicted molar refractivity (Wildman–Crippen MR) is 123 cm³/mol. The summed E-state index contributed by atoms with van der Waals surface area (Å²) in [6.07, 6.45) is 0.0653. The number of imide groups is 1. The normalized spacial score (nSPS) is 10.6. The topological polar surface area (TPSA) is 81.9 Å². The molecule has 6 nitrogen and oxygen atoms in total. The monoisotopic (exact) mass is 468 g/mol. The van der Waals surface area contributed by atoms with E-state index in [1.165, 1.54) is 7.11 Å². The zero-order chi connectivity index (χ0) is 24.8. The highest BCUT2D eigenvalue weighted by atomic mass is 19.2. The molecule has 3 aromatic rings. The van der Waals surface area contributed by atoms with Crippen molar-refractivity contribution in [3.63, 3.8) is 0 Å². The molecule has 0 aliphatic heterocycles. The first-order valence-electron chi connectivity index (χ1n) is 10.7. The Kier molecular flexibility index (Phi) is 7.96. The number of methoxy groups -OCH3 is 1. The smallest absolute Gasteiger partial charge is 0.275 e. The molecule has 0 aromatic heterocycles. The Morgan fingerprint density at radius 2 is 1.68 bits per heavy atom. The maximum absolute atomic E-state index is 13.7. The van der Waals surface area contributed by atoms with E-state index in [9.17, 15) is 18.4 Å². The summed E-state index contributed by atoms with van der Waals surface area (Å²) in [7, 11) is 1.27. The maximum atomic E-state index is 13.7. The number of hydrogen-bond donors (Lipinski definition) is 1. The Bertz CT molecular complexity index is 1200. The molecule has 34 heavy (non-hydrogen) atoms. The highest BCUT2D eigenvalue weighted by molar-refractivity contribution is 6.05. The number of amides is 2. The van der Waals surface area contributed by atoms with Crippen LogP contribution in [0.4, 0.5) is 8.78 Å². The molecule has 8 heteroatoms. The molecule has 2 amide bonds. The van der Waals surface area contributed by atoms with Gasteiger partial charge in [-0.2, -0.15) is 0 Å². The second-order valence-electron chi connectivity index (χ2n) is 7.67. The van der Waals surface area contributed by atoms with Crippen LogP contribution >= 0.6 is 0 Å². The van der Waals surface area contributed by atoms with Crippen LogP contribution in [-0.2, 0) is 24.2 Å². The molecule has 0 spiro atoms. The van der Waals surface area contributed by atoms with Gasteiger partial charge in [0.15, 0.2) is 11.6 Å². The van der Waals surface area contributed by atoms with Crippen LogP contribution in [0.25, 0.3) is 0 Å². The van der Waals surface area contributed by atoms with Gasteiger partial charge in [0.1, 0.15) is 18.1 Å². The minimum Gasteiger partial charge on any atom is -0.496 e. The lowest BCUT2D eigenvalue weighted by Crippen LogP contribution is -2.44. The summed E-state index contributed by atoms with van der Waals surface area (Å²) in [6, 6.07) is 14.6. The summed E-state index contributed by atoms with van der Waals surface area (Å²) in [4.78, 5) is 25.7.